The fourth-order valence-electron chi connectivity index (χ4n) is 7.42. The van der Waals surface area contributed by atoms with Gasteiger partial charge in [0.15, 0.2) is 0 Å². The van der Waals surface area contributed by atoms with Crippen molar-refractivity contribution in [2.24, 2.45) is 0 Å². The van der Waals surface area contributed by atoms with Gasteiger partial charge in [0.05, 0.1) is 16.7 Å². The van der Waals surface area contributed by atoms with Crippen molar-refractivity contribution < 1.29 is 0 Å². The summed E-state index contributed by atoms with van der Waals surface area (Å²) in [5, 5.41) is 6.41. The van der Waals surface area contributed by atoms with E-state index in [2.05, 4.69) is 167 Å². The summed E-state index contributed by atoms with van der Waals surface area (Å²) < 4.78 is 5.02. The van der Waals surface area contributed by atoms with Crippen LogP contribution in [0, 0.1) is 0 Å². The maximum Gasteiger partial charge on any atom is 0.131 e. The Bertz CT molecular complexity index is 2620. The van der Waals surface area contributed by atoms with Crippen molar-refractivity contribution in [3.05, 3.63) is 158 Å². The van der Waals surface area contributed by atoms with Gasteiger partial charge in [-0.3, -0.25) is 9.13 Å². The van der Waals surface area contributed by atoms with Crippen molar-refractivity contribution in [1.82, 2.24) is 9.13 Å². The molecular weight excluding hydrogens is 565 g/mol. The molecule has 7 aromatic carbocycles. The Morgan fingerprint density at radius 1 is 0.444 bits per heavy atom. The van der Waals surface area contributed by atoms with E-state index < -0.39 is 0 Å². The van der Waals surface area contributed by atoms with Crippen molar-refractivity contribution in [2.75, 3.05) is 0 Å². The average molecular weight is 591 g/mol. The number of para-hydroxylation sites is 2. The van der Waals surface area contributed by atoms with E-state index in [4.69, 9.17) is 0 Å². The monoisotopic (exact) mass is 590 g/mol. The molecule has 0 aliphatic carbocycles. The van der Waals surface area contributed by atoms with Gasteiger partial charge in [0.1, 0.15) is 5.65 Å². The number of hydrogen-bond acceptors (Lipinski definition) is 1. The second kappa shape index (κ2) is 9.49. The molecule has 0 amide bonds. The highest BCUT2D eigenvalue weighted by Gasteiger charge is 2.29. The zero-order chi connectivity index (χ0) is 29.5. The first kappa shape index (κ1) is 24.9. The summed E-state index contributed by atoms with van der Waals surface area (Å²) >= 11 is 1.87. The summed E-state index contributed by atoms with van der Waals surface area (Å²) in [4.78, 5) is 2.57. The number of aromatic nitrogens is 2. The molecule has 0 N–H and O–H groups in total. The number of fused-ring (bicyclic) bond motifs is 8. The lowest BCUT2D eigenvalue weighted by atomic mass is 9.94. The minimum absolute atomic E-state index is 1.16. The van der Waals surface area contributed by atoms with Crippen molar-refractivity contribution in [2.45, 2.75) is 9.79 Å². The molecule has 0 spiro atoms. The third-order valence-electron chi connectivity index (χ3n) is 9.29. The van der Waals surface area contributed by atoms with Crippen LogP contribution < -0.4 is 0 Å². The molecule has 1 aliphatic rings. The average Bonchev–Trinajstić information content (AvgIpc) is 3.63. The van der Waals surface area contributed by atoms with E-state index in [1.165, 1.54) is 81.3 Å². The first-order valence-corrected chi connectivity index (χ1v) is 16.2. The normalized spacial score (nSPS) is 12.4. The first-order chi connectivity index (χ1) is 22.3. The topological polar surface area (TPSA) is 9.86 Å². The van der Waals surface area contributed by atoms with Crippen LogP contribution in [0.4, 0.5) is 0 Å². The SMILES string of the molecule is c1ccc(-c2cccc(-n3c4cccc(-c5cccc6ccccc56)c4c4c5cccc6c5n(c43)-c3ccccc3S6)c2)cc1. The summed E-state index contributed by atoms with van der Waals surface area (Å²) in [6.45, 7) is 0. The molecule has 0 atom stereocenters. The van der Waals surface area contributed by atoms with Crippen LogP contribution >= 0.6 is 11.8 Å². The molecule has 0 unspecified atom stereocenters. The molecule has 3 heterocycles. The summed E-state index contributed by atoms with van der Waals surface area (Å²) in [5.41, 5.74) is 11.0. The van der Waals surface area contributed by atoms with E-state index in [0.717, 1.165) is 5.69 Å². The fraction of sp³-hybridized carbons (Fsp3) is 0. The zero-order valence-corrected chi connectivity index (χ0v) is 25.1. The van der Waals surface area contributed by atoms with Crippen LogP contribution in [0.25, 0.3) is 77.2 Å². The third kappa shape index (κ3) is 3.53. The molecule has 2 aromatic heterocycles. The molecule has 0 bridgehead atoms. The van der Waals surface area contributed by atoms with Crippen LogP contribution in [0.15, 0.2) is 168 Å². The lowest BCUT2D eigenvalue weighted by Gasteiger charge is -2.21. The Morgan fingerprint density at radius 3 is 2.09 bits per heavy atom. The highest BCUT2D eigenvalue weighted by molar-refractivity contribution is 7.99. The number of benzene rings is 7. The van der Waals surface area contributed by atoms with Gasteiger partial charge in [-0.15, -0.1) is 0 Å². The van der Waals surface area contributed by atoms with E-state index in [1.807, 2.05) is 11.8 Å². The van der Waals surface area contributed by atoms with E-state index in [0.29, 0.717) is 0 Å². The fourth-order valence-corrected chi connectivity index (χ4v) is 8.51. The minimum Gasteiger partial charge on any atom is -0.295 e. The molecule has 0 saturated carbocycles. The second-order valence-electron chi connectivity index (χ2n) is 11.7. The highest BCUT2D eigenvalue weighted by Crippen LogP contribution is 2.51. The molecule has 2 nitrogen and oxygen atoms in total. The molecule has 3 heteroatoms. The van der Waals surface area contributed by atoms with Crippen LogP contribution in [0.5, 0.6) is 0 Å². The van der Waals surface area contributed by atoms with E-state index in [1.54, 1.807) is 0 Å². The van der Waals surface area contributed by atoms with Gasteiger partial charge in [-0.05, 0) is 69.4 Å². The molecule has 45 heavy (non-hydrogen) atoms. The smallest absolute Gasteiger partial charge is 0.131 e. The second-order valence-corrected chi connectivity index (χ2v) is 12.8. The van der Waals surface area contributed by atoms with E-state index in [-0.39, 0.29) is 0 Å². The maximum atomic E-state index is 2.52. The number of hydrogen-bond donors (Lipinski definition) is 0. The standard InChI is InChI=1S/C42H26N2S/c1-2-12-27(13-3-1)29-16-8-17-30(26-29)43-36-23-10-20-33(32-19-9-15-28-14-4-5-18-31(28)32)39(36)40-34-21-11-25-38-41(34)44(42(40)43)35-22-6-7-24-37(35)45-38/h1-26H. The molecule has 1 aliphatic heterocycles. The van der Waals surface area contributed by atoms with Gasteiger partial charge >= 0.3 is 0 Å². The van der Waals surface area contributed by atoms with Crippen molar-refractivity contribution in [3.63, 3.8) is 0 Å². The Kier molecular flexibility index (Phi) is 5.25. The number of rotatable bonds is 3. The minimum atomic E-state index is 1.16. The molecule has 0 saturated heterocycles. The Balaban J connectivity index is 1.42. The first-order valence-electron chi connectivity index (χ1n) is 15.4. The molecule has 9 aromatic rings. The quantitative estimate of drug-likeness (QED) is 0.199. The molecule has 10 rings (SSSR count). The van der Waals surface area contributed by atoms with Gasteiger partial charge in [0.2, 0.25) is 0 Å². The van der Waals surface area contributed by atoms with Crippen molar-refractivity contribution in [3.8, 4) is 33.6 Å². The molecule has 0 fully saturated rings. The van der Waals surface area contributed by atoms with Gasteiger partial charge in [-0.25, -0.2) is 0 Å². The Labute approximate surface area is 264 Å². The van der Waals surface area contributed by atoms with Gasteiger partial charge in [0.25, 0.3) is 0 Å². The van der Waals surface area contributed by atoms with Crippen LogP contribution in [0.2, 0.25) is 0 Å². The molecule has 210 valence electrons. The Hall–Kier alpha value is -5.51. The zero-order valence-electron chi connectivity index (χ0n) is 24.3. The summed E-state index contributed by atoms with van der Waals surface area (Å²) in [6.07, 6.45) is 0. The predicted octanol–water partition coefficient (Wildman–Crippen LogP) is 11.7. The third-order valence-corrected chi connectivity index (χ3v) is 10.4. The van der Waals surface area contributed by atoms with Crippen LogP contribution in [-0.2, 0) is 0 Å². The van der Waals surface area contributed by atoms with Crippen LogP contribution in [0.1, 0.15) is 0 Å². The lowest BCUT2D eigenvalue weighted by Crippen LogP contribution is -2.05. The van der Waals surface area contributed by atoms with Crippen LogP contribution in [0.3, 0.4) is 0 Å². The van der Waals surface area contributed by atoms with Crippen molar-refractivity contribution >= 4 is 55.4 Å². The van der Waals surface area contributed by atoms with Crippen molar-refractivity contribution in [1.29, 1.82) is 0 Å². The largest absolute Gasteiger partial charge is 0.295 e. The van der Waals surface area contributed by atoms with Gasteiger partial charge in [0, 0.05) is 31.6 Å². The Morgan fingerprint density at radius 2 is 1.13 bits per heavy atom. The van der Waals surface area contributed by atoms with Gasteiger partial charge < -0.3 is 0 Å². The van der Waals surface area contributed by atoms with Crippen LogP contribution in [-0.4, -0.2) is 9.13 Å². The van der Waals surface area contributed by atoms with E-state index >= 15 is 0 Å². The maximum absolute atomic E-state index is 2.52. The lowest BCUT2D eigenvalue weighted by molar-refractivity contribution is 1.03. The molecule has 0 radical (unpaired) electrons. The summed E-state index contributed by atoms with van der Waals surface area (Å²) in [5.74, 6) is 0. The van der Waals surface area contributed by atoms with Gasteiger partial charge in [-0.1, -0.05) is 133 Å². The summed E-state index contributed by atoms with van der Waals surface area (Å²) in [7, 11) is 0. The predicted molar refractivity (Wildman–Crippen MR) is 190 cm³/mol. The highest BCUT2D eigenvalue weighted by atomic mass is 32.2. The van der Waals surface area contributed by atoms with Gasteiger partial charge in [-0.2, -0.15) is 0 Å². The number of nitrogens with zero attached hydrogens (tertiary/aromatic N) is 2. The summed E-state index contributed by atoms with van der Waals surface area (Å²) in [6, 6.07) is 57.6. The molecular formula is C42H26N2S. The van der Waals surface area contributed by atoms with E-state index in [9.17, 15) is 0 Å².